The summed E-state index contributed by atoms with van der Waals surface area (Å²) in [5, 5.41) is 1.06. The Hall–Kier alpha value is -3.53. The Kier molecular flexibility index (Phi) is 4.81. The number of hydrogen-bond acceptors (Lipinski definition) is 3. The van der Waals surface area contributed by atoms with Gasteiger partial charge >= 0.3 is 5.97 Å². The number of hydrogen-bond donors (Lipinski definition) is 1. The van der Waals surface area contributed by atoms with E-state index in [9.17, 15) is 4.79 Å². The highest BCUT2D eigenvalue weighted by molar-refractivity contribution is 5.99. The molecule has 0 spiro atoms. The van der Waals surface area contributed by atoms with Crippen molar-refractivity contribution in [2.45, 2.75) is 38.7 Å². The molecule has 4 heteroatoms. The predicted molar refractivity (Wildman–Crippen MR) is 129 cm³/mol. The molecule has 0 saturated carbocycles. The van der Waals surface area contributed by atoms with Crippen LogP contribution in [-0.2, 0) is 23.8 Å². The summed E-state index contributed by atoms with van der Waals surface area (Å²) in [7, 11) is 2.05. The fourth-order valence-corrected chi connectivity index (χ4v) is 5.17. The number of unbranched alkanes of at least 4 members (excludes halogenated alkanes) is 1. The second kappa shape index (κ2) is 7.56. The summed E-state index contributed by atoms with van der Waals surface area (Å²) in [4.78, 5) is 13.1. The minimum absolute atomic E-state index is 0.317. The monoisotopic (exact) mass is 424 g/mol. The summed E-state index contributed by atoms with van der Waals surface area (Å²) in [5.74, 6) is -0.317. The van der Waals surface area contributed by atoms with E-state index in [4.69, 9.17) is 10.5 Å². The maximum absolute atomic E-state index is 13.1. The van der Waals surface area contributed by atoms with Crippen LogP contribution < -0.4 is 5.73 Å². The average molecular weight is 425 g/mol. The summed E-state index contributed by atoms with van der Waals surface area (Å²) in [6.45, 7) is 4.27. The normalized spacial score (nSPS) is 17.5. The van der Waals surface area contributed by atoms with Gasteiger partial charge in [0.1, 0.15) is 0 Å². The minimum Gasteiger partial charge on any atom is -0.440 e. The summed E-state index contributed by atoms with van der Waals surface area (Å²) < 4.78 is 8.52. The molecule has 3 aromatic carbocycles. The van der Waals surface area contributed by atoms with Gasteiger partial charge in [-0.15, -0.1) is 0 Å². The third-order valence-corrected chi connectivity index (χ3v) is 6.84. The van der Waals surface area contributed by atoms with Crippen molar-refractivity contribution in [1.82, 2.24) is 4.57 Å². The molecule has 32 heavy (non-hydrogen) atoms. The van der Waals surface area contributed by atoms with Crippen LogP contribution in [0, 0.1) is 6.92 Å². The Morgan fingerprint density at radius 1 is 1.00 bits per heavy atom. The van der Waals surface area contributed by atoms with Gasteiger partial charge in [-0.25, -0.2) is 4.79 Å². The molecule has 2 N–H and O–H groups in total. The van der Waals surface area contributed by atoms with Crippen LogP contribution in [-0.4, -0.2) is 10.5 Å². The molecular formula is C28H28N2O2. The summed E-state index contributed by atoms with van der Waals surface area (Å²) >= 11 is 0. The zero-order chi connectivity index (χ0) is 22.5. The standard InChI is InChI=1S/C28H28N2O2/c1-4-5-10-19-15-16-23(24(29)17-19)28(22-13-8-6-11-20(22)27(31)32-28)26-18(2)30(3)25-14-9-7-12-21(25)26/h6-9,11-17H,4-5,10,29H2,1-3H3. The van der Waals surface area contributed by atoms with Gasteiger partial charge in [-0.3, -0.25) is 0 Å². The number of cyclic esters (lactones) is 1. The van der Waals surface area contributed by atoms with Gasteiger partial charge in [0.2, 0.25) is 0 Å². The van der Waals surface area contributed by atoms with Gasteiger partial charge in [-0.2, -0.15) is 0 Å². The first-order valence-electron chi connectivity index (χ1n) is 11.2. The number of para-hydroxylation sites is 1. The first kappa shape index (κ1) is 20.4. The van der Waals surface area contributed by atoms with Crippen LogP contribution in [0.5, 0.6) is 0 Å². The number of aromatic nitrogens is 1. The van der Waals surface area contributed by atoms with Gasteiger partial charge in [0, 0.05) is 46.0 Å². The highest BCUT2D eigenvalue weighted by atomic mass is 16.6. The Morgan fingerprint density at radius 2 is 1.75 bits per heavy atom. The van der Waals surface area contributed by atoms with E-state index < -0.39 is 5.60 Å². The van der Waals surface area contributed by atoms with E-state index in [-0.39, 0.29) is 5.97 Å². The van der Waals surface area contributed by atoms with Crippen molar-refractivity contribution in [3.05, 3.63) is 100 Å². The summed E-state index contributed by atoms with van der Waals surface area (Å²) in [6, 6.07) is 22.1. The van der Waals surface area contributed by atoms with Gasteiger partial charge in [0.05, 0.1) is 5.56 Å². The third-order valence-electron chi connectivity index (χ3n) is 6.84. The van der Waals surface area contributed by atoms with Crippen LogP contribution in [0.1, 0.15) is 58.1 Å². The van der Waals surface area contributed by atoms with Gasteiger partial charge in [-0.05, 0) is 43.5 Å². The number of carbonyl (C=O) groups is 1. The molecule has 0 fully saturated rings. The lowest BCUT2D eigenvalue weighted by atomic mass is 9.77. The molecular weight excluding hydrogens is 396 g/mol. The molecule has 1 aliphatic heterocycles. The second-order valence-corrected chi connectivity index (χ2v) is 8.68. The second-order valence-electron chi connectivity index (χ2n) is 8.68. The van der Waals surface area contributed by atoms with Crippen molar-refractivity contribution >= 4 is 22.6 Å². The minimum atomic E-state index is -1.09. The van der Waals surface area contributed by atoms with Crippen LogP contribution in [0.25, 0.3) is 10.9 Å². The number of nitrogen functional groups attached to an aromatic ring is 1. The number of fused-ring (bicyclic) bond motifs is 2. The Balaban J connectivity index is 1.86. The van der Waals surface area contributed by atoms with E-state index in [0.29, 0.717) is 11.3 Å². The topological polar surface area (TPSA) is 57.2 Å². The molecule has 0 bridgehead atoms. The highest BCUT2D eigenvalue weighted by Crippen LogP contribution is 2.52. The van der Waals surface area contributed by atoms with Gasteiger partial charge < -0.3 is 15.0 Å². The molecule has 0 aliphatic carbocycles. The average Bonchev–Trinajstić information content (AvgIpc) is 3.24. The molecule has 1 unspecified atom stereocenters. The fraction of sp³-hybridized carbons (Fsp3) is 0.250. The lowest BCUT2D eigenvalue weighted by Crippen LogP contribution is -2.31. The Labute approximate surface area is 188 Å². The fourth-order valence-electron chi connectivity index (χ4n) is 5.17. The zero-order valence-electron chi connectivity index (χ0n) is 18.8. The van der Waals surface area contributed by atoms with E-state index in [1.807, 2.05) is 42.5 Å². The van der Waals surface area contributed by atoms with Gasteiger partial charge in [-0.1, -0.05) is 61.9 Å². The number of anilines is 1. The predicted octanol–water partition coefficient (Wildman–Crippen LogP) is 5.87. The highest BCUT2D eigenvalue weighted by Gasteiger charge is 2.51. The lowest BCUT2D eigenvalue weighted by molar-refractivity contribution is 0.0256. The quantitative estimate of drug-likeness (QED) is 0.322. The molecule has 1 atom stereocenters. The number of esters is 1. The molecule has 4 nitrogen and oxygen atoms in total. The number of nitrogens with two attached hydrogens (primary N) is 1. The van der Waals surface area contributed by atoms with E-state index in [1.54, 1.807) is 0 Å². The molecule has 0 radical (unpaired) electrons. The molecule has 0 amide bonds. The largest absolute Gasteiger partial charge is 0.440 e. The maximum Gasteiger partial charge on any atom is 0.340 e. The molecule has 2 heterocycles. The van der Waals surface area contributed by atoms with Crippen molar-refractivity contribution in [3.63, 3.8) is 0 Å². The SMILES string of the molecule is CCCCc1ccc(C2(c3c(C)n(C)c4ccccc34)OC(=O)c3ccccc32)c(N)c1. The van der Waals surface area contributed by atoms with E-state index >= 15 is 0 Å². The van der Waals surface area contributed by atoms with Crippen LogP contribution in [0.15, 0.2) is 66.7 Å². The molecule has 1 aliphatic rings. The number of carbonyl (C=O) groups excluding carboxylic acids is 1. The van der Waals surface area contributed by atoms with Crippen molar-refractivity contribution in [1.29, 1.82) is 0 Å². The number of rotatable bonds is 5. The number of aryl methyl sites for hydroxylation is 2. The molecule has 5 rings (SSSR count). The van der Waals surface area contributed by atoms with E-state index in [2.05, 4.69) is 49.7 Å². The van der Waals surface area contributed by atoms with Crippen molar-refractivity contribution in [3.8, 4) is 0 Å². The smallest absolute Gasteiger partial charge is 0.340 e. The van der Waals surface area contributed by atoms with Crippen LogP contribution in [0.4, 0.5) is 5.69 Å². The molecule has 4 aromatic rings. The number of benzene rings is 3. The van der Waals surface area contributed by atoms with Crippen molar-refractivity contribution in [2.75, 3.05) is 5.73 Å². The van der Waals surface area contributed by atoms with Gasteiger partial charge in [0.15, 0.2) is 5.60 Å². The number of ether oxygens (including phenoxy) is 1. The number of nitrogens with zero attached hydrogens (tertiary/aromatic N) is 1. The van der Waals surface area contributed by atoms with Crippen LogP contribution >= 0.6 is 0 Å². The summed E-state index contributed by atoms with van der Waals surface area (Å²) in [6.07, 6.45) is 3.23. The summed E-state index contributed by atoms with van der Waals surface area (Å²) in [5.41, 5.74) is 12.8. The molecule has 0 saturated heterocycles. The molecule has 1 aromatic heterocycles. The van der Waals surface area contributed by atoms with Crippen molar-refractivity contribution in [2.24, 2.45) is 7.05 Å². The van der Waals surface area contributed by atoms with Crippen molar-refractivity contribution < 1.29 is 9.53 Å². The van der Waals surface area contributed by atoms with Gasteiger partial charge in [0.25, 0.3) is 0 Å². The zero-order valence-corrected chi connectivity index (χ0v) is 18.8. The van der Waals surface area contributed by atoms with E-state index in [0.717, 1.165) is 52.5 Å². The first-order valence-corrected chi connectivity index (χ1v) is 11.2. The lowest BCUT2D eigenvalue weighted by Gasteiger charge is -2.32. The first-order chi connectivity index (χ1) is 15.5. The van der Waals surface area contributed by atoms with Crippen LogP contribution in [0.2, 0.25) is 0 Å². The maximum atomic E-state index is 13.1. The van der Waals surface area contributed by atoms with E-state index in [1.165, 1.54) is 5.56 Å². The van der Waals surface area contributed by atoms with Crippen LogP contribution in [0.3, 0.4) is 0 Å². The molecule has 162 valence electrons. The Bertz CT molecular complexity index is 1350. The third kappa shape index (κ3) is 2.79. The Morgan fingerprint density at radius 3 is 2.53 bits per heavy atom.